The molecule has 108 valence electrons. The van der Waals surface area contributed by atoms with Crippen molar-refractivity contribution in [3.63, 3.8) is 0 Å². The Bertz CT molecular complexity index is 731. The minimum atomic E-state index is -0.611. The number of rotatable bonds is 3. The summed E-state index contributed by atoms with van der Waals surface area (Å²) >= 11 is 3.32. The molecule has 0 spiro atoms. The number of carbonyl (C=O) groups is 1. The van der Waals surface area contributed by atoms with Gasteiger partial charge in [0.2, 0.25) is 0 Å². The molecule has 0 bridgehead atoms. The van der Waals surface area contributed by atoms with Crippen molar-refractivity contribution in [2.45, 2.75) is 6.92 Å². The van der Waals surface area contributed by atoms with Gasteiger partial charge in [-0.15, -0.1) is 0 Å². The van der Waals surface area contributed by atoms with Crippen molar-refractivity contribution in [1.82, 2.24) is 0 Å². The average molecular weight is 350 g/mol. The number of carbonyl (C=O) groups excluding carboxylic acids is 1. The maximum absolute atomic E-state index is 12.3. The second kappa shape index (κ2) is 5.92. The van der Waals surface area contributed by atoms with Gasteiger partial charge in [0.15, 0.2) is 0 Å². The lowest BCUT2D eigenvalue weighted by Crippen LogP contribution is -2.14. The topological polar surface area (TPSA) is 98.3 Å². The molecule has 0 radical (unpaired) electrons. The first kappa shape index (κ1) is 15.0. The maximum atomic E-state index is 12.3. The summed E-state index contributed by atoms with van der Waals surface area (Å²) < 4.78 is 0.688. The van der Waals surface area contributed by atoms with E-state index in [1.54, 1.807) is 12.1 Å². The Balaban J connectivity index is 2.39. The number of nitrogen functional groups attached to an aromatic ring is 1. The summed E-state index contributed by atoms with van der Waals surface area (Å²) in [6, 6.07) is 9.33. The molecule has 1 amide bonds. The molecule has 0 saturated carbocycles. The van der Waals surface area contributed by atoms with Gasteiger partial charge in [0.05, 0.1) is 10.6 Å². The molecule has 0 heterocycles. The zero-order valence-corrected chi connectivity index (χ0v) is 12.7. The highest BCUT2D eigenvalue weighted by Gasteiger charge is 2.21. The van der Waals surface area contributed by atoms with Gasteiger partial charge >= 0.3 is 0 Å². The summed E-state index contributed by atoms with van der Waals surface area (Å²) in [6.45, 7) is 1.88. The fourth-order valence-corrected chi connectivity index (χ4v) is 2.17. The van der Waals surface area contributed by atoms with E-state index in [1.807, 2.05) is 13.0 Å². The highest BCUT2D eigenvalue weighted by Crippen LogP contribution is 2.26. The summed E-state index contributed by atoms with van der Waals surface area (Å²) in [7, 11) is 0. The van der Waals surface area contributed by atoms with Crippen molar-refractivity contribution >= 4 is 38.9 Å². The largest absolute Gasteiger partial charge is 0.399 e. The summed E-state index contributed by atoms with van der Waals surface area (Å²) in [5.74, 6) is -0.583. The summed E-state index contributed by atoms with van der Waals surface area (Å²) in [5, 5.41) is 13.6. The van der Waals surface area contributed by atoms with Crippen molar-refractivity contribution in [1.29, 1.82) is 0 Å². The minimum Gasteiger partial charge on any atom is -0.399 e. The molecule has 0 aliphatic rings. The minimum absolute atomic E-state index is 0.0755. The van der Waals surface area contributed by atoms with E-state index < -0.39 is 10.8 Å². The number of nitrogens with zero attached hydrogens (tertiary/aromatic N) is 1. The molecular weight excluding hydrogens is 338 g/mol. The molecule has 2 aromatic carbocycles. The van der Waals surface area contributed by atoms with Crippen LogP contribution in [0.3, 0.4) is 0 Å². The molecule has 6 nitrogen and oxygen atoms in total. The van der Waals surface area contributed by atoms with Crippen molar-refractivity contribution < 1.29 is 9.72 Å². The van der Waals surface area contributed by atoms with Crippen LogP contribution in [0.1, 0.15) is 15.9 Å². The van der Waals surface area contributed by atoms with Crippen LogP contribution in [0.15, 0.2) is 40.9 Å². The van der Waals surface area contributed by atoms with Crippen molar-refractivity contribution in [2.75, 3.05) is 11.1 Å². The van der Waals surface area contributed by atoms with Gasteiger partial charge < -0.3 is 11.1 Å². The van der Waals surface area contributed by atoms with E-state index in [0.29, 0.717) is 10.2 Å². The predicted molar refractivity (Wildman–Crippen MR) is 84.3 cm³/mol. The lowest BCUT2D eigenvalue weighted by molar-refractivity contribution is -0.385. The van der Waals surface area contributed by atoms with Gasteiger partial charge in [0, 0.05) is 16.2 Å². The molecule has 0 aliphatic heterocycles. The number of nitro groups is 1. The number of amides is 1. The zero-order valence-electron chi connectivity index (χ0n) is 11.1. The molecule has 0 saturated heterocycles. The van der Waals surface area contributed by atoms with Gasteiger partial charge in [-0.1, -0.05) is 6.07 Å². The Morgan fingerprint density at radius 1 is 1.29 bits per heavy atom. The predicted octanol–water partition coefficient (Wildman–Crippen LogP) is 3.50. The number of nitrogens with one attached hydrogen (secondary N) is 1. The third-order valence-corrected chi connectivity index (χ3v) is 3.52. The first-order valence-electron chi connectivity index (χ1n) is 6.00. The molecule has 0 fully saturated rings. The zero-order chi connectivity index (χ0) is 15.6. The van der Waals surface area contributed by atoms with Crippen LogP contribution >= 0.6 is 15.9 Å². The Morgan fingerprint density at radius 2 is 2.00 bits per heavy atom. The first-order chi connectivity index (χ1) is 9.88. The van der Waals surface area contributed by atoms with Gasteiger partial charge in [-0.05, 0) is 52.7 Å². The monoisotopic (exact) mass is 349 g/mol. The molecule has 7 heteroatoms. The quantitative estimate of drug-likeness (QED) is 0.503. The number of hydrogen-bond donors (Lipinski definition) is 2. The van der Waals surface area contributed by atoms with Crippen LogP contribution in [0.25, 0.3) is 0 Å². The van der Waals surface area contributed by atoms with Gasteiger partial charge in [0.1, 0.15) is 5.56 Å². The second-order valence-corrected chi connectivity index (χ2v) is 5.33. The van der Waals surface area contributed by atoms with E-state index in [4.69, 9.17) is 5.73 Å². The molecule has 0 unspecified atom stereocenters. The van der Waals surface area contributed by atoms with Crippen LogP contribution in [-0.2, 0) is 0 Å². The Hall–Kier alpha value is -2.41. The maximum Gasteiger partial charge on any atom is 0.282 e. The highest BCUT2D eigenvalue weighted by molar-refractivity contribution is 9.10. The molecule has 0 aliphatic carbocycles. The summed E-state index contributed by atoms with van der Waals surface area (Å²) in [6.07, 6.45) is 0. The van der Waals surface area contributed by atoms with Crippen LogP contribution < -0.4 is 11.1 Å². The standard InChI is InChI=1S/C14H12BrN3O3/c1-8-2-4-11(15)12(6-8)17-14(19)10-7-9(16)3-5-13(10)18(20)21/h2-7H,16H2,1H3,(H,17,19). The van der Waals surface area contributed by atoms with E-state index in [-0.39, 0.29) is 16.9 Å². The lowest BCUT2D eigenvalue weighted by Gasteiger charge is -2.09. The third kappa shape index (κ3) is 3.38. The number of hydrogen-bond acceptors (Lipinski definition) is 4. The van der Waals surface area contributed by atoms with E-state index >= 15 is 0 Å². The molecule has 2 aromatic rings. The molecular formula is C14H12BrN3O3. The molecule has 0 atom stereocenters. The van der Waals surface area contributed by atoms with Gasteiger partial charge in [-0.2, -0.15) is 0 Å². The van der Waals surface area contributed by atoms with Gasteiger partial charge in [-0.25, -0.2) is 0 Å². The van der Waals surface area contributed by atoms with Crippen LogP contribution in [0, 0.1) is 17.0 Å². The van der Waals surface area contributed by atoms with Crippen LogP contribution in [-0.4, -0.2) is 10.8 Å². The SMILES string of the molecule is Cc1ccc(Br)c(NC(=O)c2cc(N)ccc2[N+](=O)[O-])c1. The lowest BCUT2D eigenvalue weighted by atomic mass is 10.1. The number of nitro benzene ring substituents is 1. The van der Waals surface area contributed by atoms with Crippen LogP contribution in [0.5, 0.6) is 0 Å². The number of nitrogens with two attached hydrogens (primary N) is 1. The highest BCUT2D eigenvalue weighted by atomic mass is 79.9. The third-order valence-electron chi connectivity index (χ3n) is 2.83. The molecule has 2 rings (SSSR count). The fourth-order valence-electron chi connectivity index (χ4n) is 1.82. The van der Waals surface area contributed by atoms with Crippen molar-refractivity contribution in [3.8, 4) is 0 Å². The van der Waals surface area contributed by atoms with E-state index in [1.165, 1.54) is 18.2 Å². The van der Waals surface area contributed by atoms with Crippen LogP contribution in [0.4, 0.5) is 17.1 Å². The molecule has 0 aromatic heterocycles. The molecule has 3 N–H and O–H groups in total. The smallest absolute Gasteiger partial charge is 0.282 e. The van der Waals surface area contributed by atoms with Crippen molar-refractivity contribution in [2.24, 2.45) is 0 Å². The number of benzene rings is 2. The Labute approximate surface area is 129 Å². The Morgan fingerprint density at radius 3 is 2.67 bits per heavy atom. The fraction of sp³-hybridized carbons (Fsp3) is 0.0714. The summed E-state index contributed by atoms with van der Waals surface area (Å²) in [5.41, 5.74) is 7.02. The van der Waals surface area contributed by atoms with Crippen molar-refractivity contribution in [3.05, 3.63) is 62.1 Å². The van der Waals surface area contributed by atoms with Crippen LogP contribution in [0.2, 0.25) is 0 Å². The normalized spacial score (nSPS) is 10.2. The number of anilines is 2. The number of aryl methyl sites for hydroxylation is 1. The number of halogens is 1. The van der Waals surface area contributed by atoms with E-state index in [9.17, 15) is 14.9 Å². The van der Waals surface area contributed by atoms with E-state index in [0.717, 1.165) is 5.56 Å². The summed E-state index contributed by atoms with van der Waals surface area (Å²) in [4.78, 5) is 22.6. The second-order valence-electron chi connectivity index (χ2n) is 4.47. The first-order valence-corrected chi connectivity index (χ1v) is 6.79. The average Bonchev–Trinajstić information content (AvgIpc) is 2.42. The van der Waals surface area contributed by atoms with Gasteiger partial charge in [0.25, 0.3) is 11.6 Å². The van der Waals surface area contributed by atoms with Gasteiger partial charge in [-0.3, -0.25) is 14.9 Å². The Kier molecular flexibility index (Phi) is 4.23. The molecule has 21 heavy (non-hydrogen) atoms. The van der Waals surface area contributed by atoms with E-state index in [2.05, 4.69) is 21.2 Å².